The molecule has 15 heteroatoms. The van der Waals surface area contributed by atoms with E-state index in [1.165, 1.54) is 10.6 Å². The Hall–Kier alpha value is -4.17. The first-order valence-corrected chi connectivity index (χ1v) is 13.2. The highest BCUT2D eigenvalue weighted by molar-refractivity contribution is 5.85. The number of furan rings is 1. The first kappa shape index (κ1) is 28.4. The average molecular weight is 588 g/mol. The Balaban J connectivity index is 0.00000337. The molecule has 2 aliphatic heterocycles. The number of nitrogens with zero attached hydrogens (tertiary/aromatic N) is 8. The maximum absolute atomic E-state index is 14.7. The number of rotatable bonds is 8. The molecule has 0 saturated carbocycles. The van der Waals surface area contributed by atoms with E-state index in [1.807, 2.05) is 4.90 Å². The van der Waals surface area contributed by atoms with Crippen molar-refractivity contribution in [2.75, 3.05) is 68.0 Å². The van der Waals surface area contributed by atoms with E-state index in [4.69, 9.17) is 20.0 Å². The predicted octanol–water partition coefficient (Wildman–Crippen LogP) is 2.42. The number of fused-ring (bicyclic) bond motifs is 1. The van der Waals surface area contributed by atoms with Gasteiger partial charge in [0, 0.05) is 51.9 Å². The lowest BCUT2D eigenvalue weighted by Crippen LogP contribution is -2.50. The molecule has 1 atom stereocenters. The number of aromatic nitrogens is 5. The molecule has 0 spiro atoms. The van der Waals surface area contributed by atoms with E-state index in [0.29, 0.717) is 48.0 Å². The second-order valence-electron chi connectivity index (χ2n) is 10.0. The van der Waals surface area contributed by atoms with Crippen molar-refractivity contribution in [3.8, 4) is 17.3 Å². The molecule has 4 aromatic rings. The molecule has 2 aliphatic rings. The largest absolute Gasteiger partial charge is 0.482 e. The van der Waals surface area contributed by atoms with Crippen LogP contribution in [0.4, 0.5) is 22.0 Å². The van der Waals surface area contributed by atoms with Gasteiger partial charge in [-0.05, 0) is 43.0 Å². The third kappa shape index (κ3) is 6.28. The van der Waals surface area contributed by atoms with Crippen molar-refractivity contribution in [2.24, 2.45) is 5.92 Å². The Morgan fingerprint density at radius 3 is 2.68 bits per heavy atom. The quantitative estimate of drug-likeness (QED) is 0.311. The van der Waals surface area contributed by atoms with Gasteiger partial charge >= 0.3 is 5.97 Å². The van der Waals surface area contributed by atoms with Crippen LogP contribution in [0.2, 0.25) is 0 Å². The second kappa shape index (κ2) is 12.1. The van der Waals surface area contributed by atoms with Crippen LogP contribution in [-0.2, 0) is 4.79 Å². The lowest BCUT2D eigenvalue weighted by molar-refractivity contribution is -0.139. The number of carbonyl (C=O) groups is 1. The average Bonchev–Trinajstić information content (AvgIpc) is 3.63. The van der Waals surface area contributed by atoms with E-state index in [1.54, 1.807) is 30.5 Å². The van der Waals surface area contributed by atoms with Crippen LogP contribution in [0.25, 0.3) is 17.4 Å². The number of benzene rings is 1. The number of aliphatic carboxylic acids is 1. The lowest BCUT2D eigenvalue weighted by Gasteiger charge is -2.40. The van der Waals surface area contributed by atoms with Crippen molar-refractivity contribution in [3.63, 3.8) is 0 Å². The first-order chi connectivity index (χ1) is 19.4. The number of hydrogen-bond donors (Lipinski definition) is 2. The predicted molar refractivity (Wildman–Crippen MR) is 151 cm³/mol. The highest BCUT2D eigenvalue weighted by atomic mass is 35.5. The van der Waals surface area contributed by atoms with Gasteiger partial charge in [0.25, 0.3) is 5.78 Å². The highest BCUT2D eigenvalue weighted by Gasteiger charge is 2.27. The van der Waals surface area contributed by atoms with Gasteiger partial charge in [-0.25, -0.2) is 9.18 Å². The van der Waals surface area contributed by atoms with E-state index in [9.17, 15) is 9.18 Å². The Labute approximate surface area is 241 Å². The molecule has 3 N–H and O–H groups in total. The number of nitrogen functional groups attached to an aromatic ring is 1. The standard InChI is InChI=1S/C26H30FN9O4.ClH/c27-19-13-18(40-16-22(37)38)5-6-20(19)34-10-8-33(9-11-34)14-17-3-1-7-35(15-17)25-30-24(28)36-26(31-25)29-23(32-36)21-4-2-12-39-21;/h2,4-6,12-13,17H,1,3,7-11,14-16H2,(H,37,38)(H2,28,29,30,31,32);1H. The smallest absolute Gasteiger partial charge is 0.341 e. The van der Waals surface area contributed by atoms with Crippen LogP contribution in [0.15, 0.2) is 41.0 Å². The van der Waals surface area contributed by atoms with Crippen molar-refractivity contribution in [1.29, 1.82) is 0 Å². The molecule has 218 valence electrons. The van der Waals surface area contributed by atoms with Gasteiger partial charge in [-0.3, -0.25) is 4.90 Å². The van der Waals surface area contributed by atoms with Crippen LogP contribution in [0, 0.1) is 11.7 Å². The van der Waals surface area contributed by atoms with Crippen LogP contribution in [0.3, 0.4) is 0 Å². The topological polar surface area (TPSA) is 151 Å². The van der Waals surface area contributed by atoms with Crippen LogP contribution in [0.1, 0.15) is 12.8 Å². The van der Waals surface area contributed by atoms with Crippen molar-refractivity contribution < 1.29 is 23.4 Å². The summed E-state index contributed by atoms with van der Waals surface area (Å²) in [5, 5.41) is 13.1. The summed E-state index contributed by atoms with van der Waals surface area (Å²) in [6.07, 6.45) is 3.69. The molecule has 0 bridgehead atoms. The normalized spacial score (nSPS) is 17.9. The van der Waals surface area contributed by atoms with Crippen LogP contribution < -0.4 is 20.3 Å². The summed E-state index contributed by atoms with van der Waals surface area (Å²) >= 11 is 0. The van der Waals surface area contributed by atoms with E-state index < -0.39 is 18.4 Å². The van der Waals surface area contributed by atoms with E-state index in [-0.39, 0.29) is 24.1 Å². The van der Waals surface area contributed by atoms with E-state index in [2.05, 4.69) is 29.9 Å². The molecule has 2 fully saturated rings. The van der Waals surface area contributed by atoms with E-state index in [0.717, 1.165) is 45.6 Å². The summed E-state index contributed by atoms with van der Waals surface area (Å²) in [4.78, 5) is 30.9. The molecular weight excluding hydrogens is 557 g/mol. The fraction of sp³-hybridized carbons (Fsp3) is 0.423. The summed E-state index contributed by atoms with van der Waals surface area (Å²) in [6.45, 7) is 5.10. The molecule has 6 rings (SSSR count). The van der Waals surface area contributed by atoms with Crippen molar-refractivity contribution in [3.05, 3.63) is 42.4 Å². The monoisotopic (exact) mass is 587 g/mol. The number of carboxylic acids is 1. The second-order valence-corrected chi connectivity index (χ2v) is 10.0. The van der Waals surface area contributed by atoms with Gasteiger partial charge in [0.2, 0.25) is 17.7 Å². The van der Waals surface area contributed by atoms with Gasteiger partial charge in [-0.2, -0.15) is 19.5 Å². The van der Waals surface area contributed by atoms with Crippen molar-refractivity contribution >= 4 is 41.7 Å². The minimum absolute atomic E-state index is 0. The number of anilines is 3. The van der Waals surface area contributed by atoms with Crippen molar-refractivity contribution in [1.82, 2.24) is 29.5 Å². The highest BCUT2D eigenvalue weighted by Crippen LogP contribution is 2.27. The summed E-state index contributed by atoms with van der Waals surface area (Å²) < 4.78 is 26.6. The molecule has 13 nitrogen and oxygen atoms in total. The lowest BCUT2D eigenvalue weighted by atomic mass is 9.97. The molecule has 0 radical (unpaired) electrons. The van der Waals surface area contributed by atoms with Crippen LogP contribution in [-0.4, -0.2) is 93.0 Å². The number of ether oxygens (including phenoxy) is 1. The van der Waals surface area contributed by atoms with Gasteiger partial charge in [0.1, 0.15) is 11.6 Å². The van der Waals surface area contributed by atoms with Crippen LogP contribution in [0.5, 0.6) is 5.75 Å². The fourth-order valence-corrected chi connectivity index (χ4v) is 5.36. The Bertz CT molecular complexity index is 1490. The third-order valence-electron chi connectivity index (χ3n) is 7.28. The molecule has 1 unspecified atom stereocenters. The molecule has 41 heavy (non-hydrogen) atoms. The summed E-state index contributed by atoms with van der Waals surface area (Å²) in [5.41, 5.74) is 6.70. The summed E-state index contributed by atoms with van der Waals surface area (Å²) in [6, 6.07) is 8.04. The third-order valence-corrected chi connectivity index (χ3v) is 7.28. The van der Waals surface area contributed by atoms with Gasteiger partial charge in [-0.1, -0.05) is 0 Å². The fourth-order valence-electron chi connectivity index (χ4n) is 5.36. The van der Waals surface area contributed by atoms with Gasteiger partial charge in [0.05, 0.1) is 12.0 Å². The number of nitrogens with two attached hydrogens (primary N) is 1. The Morgan fingerprint density at radius 1 is 1.12 bits per heavy atom. The molecule has 3 aromatic heterocycles. The molecule has 5 heterocycles. The summed E-state index contributed by atoms with van der Waals surface area (Å²) in [5.74, 6) is 1.20. The maximum Gasteiger partial charge on any atom is 0.341 e. The molecule has 0 aliphatic carbocycles. The zero-order chi connectivity index (χ0) is 27.6. The summed E-state index contributed by atoms with van der Waals surface area (Å²) in [7, 11) is 0. The number of piperazine rings is 1. The number of piperidine rings is 1. The van der Waals surface area contributed by atoms with Crippen LogP contribution >= 0.6 is 12.4 Å². The molecule has 0 amide bonds. The molecule has 2 saturated heterocycles. The Morgan fingerprint density at radius 2 is 1.95 bits per heavy atom. The zero-order valence-corrected chi connectivity index (χ0v) is 23.0. The first-order valence-electron chi connectivity index (χ1n) is 13.2. The number of hydrogen-bond acceptors (Lipinski definition) is 11. The zero-order valence-electron chi connectivity index (χ0n) is 22.2. The van der Waals surface area contributed by atoms with Gasteiger partial charge in [0.15, 0.2) is 12.4 Å². The maximum atomic E-state index is 14.7. The van der Waals surface area contributed by atoms with Gasteiger partial charge in [-0.15, -0.1) is 17.5 Å². The minimum atomic E-state index is -1.10. The van der Waals surface area contributed by atoms with Gasteiger partial charge < -0.3 is 29.8 Å². The molecular formula is C26H31ClFN9O4. The number of halogens is 2. The molecule has 1 aromatic carbocycles. The Kier molecular flexibility index (Phi) is 8.40. The SMILES string of the molecule is Cl.Nc1nc(N2CCCC(CN3CCN(c4ccc(OCC(=O)O)cc4F)CC3)C2)nc2nc(-c3ccco3)nn12. The minimum Gasteiger partial charge on any atom is -0.482 e. The van der Waals surface area contributed by atoms with Crippen molar-refractivity contribution in [2.45, 2.75) is 12.8 Å². The van der Waals surface area contributed by atoms with E-state index >= 15 is 0 Å². The number of carboxylic acid groups (broad SMARTS) is 1.